The fourth-order valence-electron chi connectivity index (χ4n) is 3.42. The van der Waals surface area contributed by atoms with Crippen LogP contribution in [-0.2, 0) is 6.54 Å². The van der Waals surface area contributed by atoms with Gasteiger partial charge in [-0.3, -0.25) is 0 Å². The van der Waals surface area contributed by atoms with Gasteiger partial charge in [-0.1, -0.05) is 13.3 Å². The van der Waals surface area contributed by atoms with E-state index in [1.54, 1.807) is 0 Å². The van der Waals surface area contributed by atoms with Gasteiger partial charge in [-0.25, -0.2) is 4.98 Å². The van der Waals surface area contributed by atoms with Crippen LogP contribution in [0.1, 0.15) is 68.4 Å². The van der Waals surface area contributed by atoms with Crippen LogP contribution in [0.3, 0.4) is 0 Å². The first-order valence-corrected chi connectivity index (χ1v) is 8.97. The highest BCUT2D eigenvalue weighted by atomic mass is 32.1. The molecule has 0 saturated heterocycles. The van der Waals surface area contributed by atoms with Gasteiger partial charge in [0.25, 0.3) is 0 Å². The van der Waals surface area contributed by atoms with E-state index in [1.165, 1.54) is 60.6 Å². The van der Waals surface area contributed by atoms with Gasteiger partial charge in [0.15, 0.2) is 5.13 Å². The van der Waals surface area contributed by atoms with Gasteiger partial charge >= 0.3 is 0 Å². The third-order valence-electron chi connectivity index (χ3n) is 5.11. The summed E-state index contributed by atoms with van der Waals surface area (Å²) in [6.45, 7) is 2.98. The molecule has 2 saturated carbocycles. The van der Waals surface area contributed by atoms with Crippen LogP contribution in [0.4, 0.5) is 5.13 Å². The number of hydrogen-bond donors (Lipinski definition) is 1. The van der Waals surface area contributed by atoms with Crippen LogP contribution in [0.15, 0.2) is 0 Å². The monoisotopic (exact) mass is 293 g/mol. The molecule has 1 aromatic rings. The van der Waals surface area contributed by atoms with Gasteiger partial charge in [-0.2, -0.15) is 0 Å². The molecule has 0 spiro atoms. The molecule has 3 nitrogen and oxygen atoms in total. The Morgan fingerprint density at radius 2 is 1.90 bits per heavy atom. The van der Waals surface area contributed by atoms with E-state index in [0.29, 0.717) is 18.5 Å². The molecule has 1 aromatic heterocycles. The number of nitrogens with two attached hydrogens (primary N) is 1. The average molecular weight is 293 g/mol. The van der Waals surface area contributed by atoms with Crippen molar-refractivity contribution in [2.45, 2.75) is 70.4 Å². The van der Waals surface area contributed by atoms with Crippen LogP contribution >= 0.6 is 11.3 Å². The summed E-state index contributed by atoms with van der Waals surface area (Å²) in [6, 6.07) is 0.682. The highest BCUT2D eigenvalue weighted by molar-refractivity contribution is 7.15. The molecule has 3 rings (SSSR count). The lowest BCUT2D eigenvalue weighted by molar-refractivity contribution is 0.313. The average Bonchev–Trinajstić information content (AvgIpc) is 3.25. The second-order valence-electron chi connectivity index (χ2n) is 6.48. The number of rotatable bonds is 5. The largest absolute Gasteiger partial charge is 0.348 e. The van der Waals surface area contributed by atoms with E-state index < -0.39 is 0 Å². The Labute approximate surface area is 126 Å². The van der Waals surface area contributed by atoms with Crippen LogP contribution in [0, 0.1) is 5.92 Å². The van der Waals surface area contributed by atoms with Crippen LogP contribution in [0.5, 0.6) is 0 Å². The van der Waals surface area contributed by atoms with E-state index in [0.717, 1.165) is 5.92 Å². The van der Waals surface area contributed by atoms with Gasteiger partial charge in [-0.05, 0) is 44.4 Å². The Hall–Kier alpha value is -0.610. The van der Waals surface area contributed by atoms with Gasteiger partial charge in [0.2, 0.25) is 0 Å². The standard InChI is InChI=1S/C16H27N3S/c1-3-11-4-8-13(9-5-11)19(2)16-18-15(12-6-7-12)14(10-17)20-16/h11-13H,3-10,17H2,1-2H3. The highest BCUT2D eigenvalue weighted by Gasteiger charge is 2.31. The van der Waals surface area contributed by atoms with Crippen LogP contribution in [-0.4, -0.2) is 18.1 Å². The fourth-order valence-corrected chi connectivity index (χ4v) is 4.48. The topological polar surface area (TPSA) is 42.2 Å². The summed E-state index contributed by atoms with van der Waals surface area (Å²) in [4.78, 5) is 8.67. The minimum Gasteiger partial charge on any atom is -0.348 e. The molecule has 2 aliphatic carbocycles. The predicted molar refractivity (Wildman–Crippen MR) is 86.4 cm³/mol. The molecule has 0 aromatic carbocycles. The van der Waals surface area contributed by atoms with E-state index in [1.807, 2.05) is 11.3 Å². The first kappa shape index (κ1) is 14.3. The van der Waals surface area contributed by atoms with E-state index >= 15 is 0 Å². The molecular weight excluding hydrogens is 266 g/mol. The summed E-state index contributed by atoms with van der Waals surface area (Å²) in [5, 5.41) is 1.20. The summed E-state index contributed by atoms with van der Waals surface area (Å²) in [5.41, 5.74) is 7.20. The van der Waals surface area contributed by atoms with Crippen molar-refractivity contribution in [3.8, 4) is 0 Å². The zero-order chi connectivity index (χ0) is 14.1. The van der Waals surface area contributed by atoms with Gasteiger partial charge in [0.1, 0.15) is 0 Å². The fraction of sp³-hybridized carbons (Fsp3) is 0.812. The summed E-state index contributed by atoms with van der Waals surface area (Å²) in [6.07, 6.45) is 9.38. The van der Waals surface area contributed by atoms with E-state index in [9.17, 15) is 0 Å². The minimum atomic E-state index is 0.653. The second-order valence-corrected chi connectivity index (χ2v) is 7.54. The minimum absolute atomic E-state index is 0.653. The van der Waals surface area contributed by atoms with Crippen molar-refractivity contribution in [1.82, 2.24) is 4.98 Å². The Kier molecular flexibility index (Phi) is 4.32. The summed E-state index contributed by atoms with van der Waals surface area (Å²) >= 11 is 1.83. The maximum atomic E-state index is 5.90. The number of anilines is 1. The predicted octanol–water partition coefficient (Wildman–Crippen LogP) is 3.88. The normalized spacial score (nSPS) is 26.8. The Balaban J connectivity index is 1.69. The summed E-state index contributed by atoms with van der Waals surface area (Å²) in [7, 11) is 2.23. The zero-order valence-electron chi connectivity index (χ0n) is 12.8. The molecule has 0 unspecified atom stereocenters. The first-order chi connectivity index (χ1) is 9.72. The molecule has 0 aliphatic heterocycles. The molecule has 2 aliphatic rings. The lowest BCUT2D eigenvalue weighted by atomic mass is 9.84. The summed E-state index contributed by atoms with van der Waals surface area (Å²) < 4.78 is 0. The van der Waals surface area contributed by atoms with E-state index in [-0.39, 0.29) is 0 Å². The molecular formula is C16H27N3S. The SMILES string of the molecule is CCC1CCC(N(C)c2nc(C3CC3)c(CN)s2)CC1. The molecule has 1 heterocycles. The molecule has 112 valence electrons. The first-order valence-electron chi connectivity index (χ1n) is 8.15. The Morgan fingerprint density at radius 3 is 2.45 bits per heavy atom. The Morgan fingerprint density at radius 1 is 1.20 bits per heavy atom. The number of aromatic nitrogens is 1. The number of thiazole rings is 1. The van der Waals surface area contributed by atoms with Crippen molar-refractivity contribution in [3.05, 3.63) is 10.6 Å². The molecule has 20 heavy (non-hydrogen) atoms. The van der Waals surface area contributed by atoms with Crippen molar-refractivity contribution in [1.29, 1.82) is 0 Å². The van der Waals surface area contributed by atoms with Crippen molar-refractivity contribution >= 4 is 16.5 Å². The van der Waals surface area contributed by atoms with E-state index in [4.69, 9.17) is 10.7 Å². The molecule has 0 atom stereocenters. The second kappa shape index (κ2) is 6.02. The molecule has 2 fully saturated rings. The molecule has 2 N–H and O–H groups in total. The van der Waals surface area contributed by atoms with Gasteiger partial charge in [0, 0.05) is 30.4 Å². The van der Waals surface area contributed by atoms with Gasteiger partial charge < -0.3 is 10.6 Å². The number of hydrogen-bond acceptors (Lipinski definition) is 4. The van der Waals surface area contributed by atoms with Gasteiger partial charge in [-0.15, -0.1) is 11.3 Å². The maximum Gasteiger partial charge on any atom is 0.185 e. The number of nitrogens with zero attached hydrogens (tertiary/aromatic N) is 2. The molecule has 4 heteroatoms. The molecule has 0 radical (unpaired) electrons. The van der Waals surface area contributed by atoms with Crippen molar-refractivity contribution < 1.29 is 0 Å². The van der Waals surface area contributed by atoms with Crippen LogP contribution < -0.4 is 10.6 Å². The lowest BCUT2D eigenvalue weighted by Gasteiger charge is -2.34. The quantitative estimate of drug-likeness (QED) is 0.895. The van der Waals surface area contributed by atoms with Crippen LogP contribution in [0.25, 0.3) is 0 Å². The van der Waals surface area contributed by atoms with E-state index in [2.05, 4.69) is 18.9 Å². The van der Waals surface area contributed by atoms with Gasteiger partial charge in [0.05, 0.1) is 5.69 Å². The van der Waals surface area contributed by atoms with Crippen molar-refractivity contribution in [2.75, 3.05) is 11.9 Å². The highest BCUT2D eigenvalue weighted by Crippen LogP contribution is 2.44. The maximum absolute atomic E-state index is 5.90. The third-order valence-corrected chi connectivity index (χ3v) is 6.29. The smallest absolute Gasteiger partial charge is 0.185 e. The lowest BCUT2D eigenvalue weighted by Crippen LogP contribution is -2.35. The Bertz CT molecular complexity index is 445. The van der Waals surface area contributed by atoms with Crippen LogP contribution in [0.2, 0.25) is 0 Å². The zero-order valence-corrected chi connectivity index (χ0v) is 13.6. The molecule has 0 bridgehead atoms. The van der Waals surface area contributed by atoms with Crippen molar-refractivity contribution in [2.24, 2.45) is 11.7 Å². The molecule has 0 amide bonds. The van der Waals surface area contributed by atoms with Crippen molar-refractivity contribution in [3.63, 3.8) is 0 Å². The third kappa shape index (κ3) is 2.86. The summed E-state index contributed by atoms with van der Waals surface area (Å²) in [5.74, 6) is 1.67.